The second-order valence-corrected chi connectivity index (χ2v) is 6.53. The van der Waals surface area contributed by atoms with E-state index >= 15 is 0 Å². The number of rotatable bonds is 10. The number of aliphatic hydroxyl groups is 2. The summed E-state index contributed by atoms with van der Waals surface area (Å²) in [6, 6.07) is 0. The summed E-state index contributed by atoms with van der Waals surface area (Å²) in [7, 11) is 0. The van der Waals surface area contributed by atoms with Crippen LogP contribution in [0.15, 0.2) is 36.6 Å². The monoisotopic (exact) mass is 352 g/mol. The van der Waals surface area contributed by atoms with Crippen LogP contribution in [-0.2, 0) is 0 Å². The predicted octanol–water partition coefficient (Wildman–Crippen LogP) is 7.50. The second-order valence-electron chi connectivity index (χ2n) is 6.53. The third-order valence-electron chi connectivity index (χ3n) is 4.15. The summed E-state index contributed by atoms with van der Waals surface area (Å²) >= 11 is 0. The van der Waals surface area contributed by atoms with Gasteiger partial charge in [0.1, 0.15) is 0 Å². The molecule has 1 aliphatic rings. The van der Waals surface area contributed by atoms with E-state index in [1.165, 1.54) is 38.5 Å². The number of unbranched alkanes of at least 4 members (excludes halogenated alkanes) is 5. The first-order valence-electron chi connectivity index (χ1n) is 10.4. The molecule has 1 fully saturated rings. The van der Waals surface area contributed by atoms with Gasteiger partial charge in [-0.3, -0.25) is 0 Å². The molecule has 0 aromatic rings. The Morgan fingerprint density at radius 3 is 2.24 bits per heavy atom. The van der Waals surface area contributed by atoms with Crippen LogP contribution in [0.3, 0.4) is 0 Å². The Hall–Kier alpha value is -1.02. The first-order chi connectivity index (χ1) is 12.1. The molecule has 0 bridgehead atoms. The fourth-order valence-electron chi connectivity index (χ4n) is 2.73. The molecule has 25 heavy (non-hydrogen) atoms. The van der Waals surface area contributed by atoms with E-state index in [4.69, 9.17) is 5.11 Å². The van der Waals surface area contributed by atoms with E-state index in [1.807, 2.05) is 26.8 Å². The fraction of sp³-hybridized carbons (Fsp3) is 0.739. The highest BCUT2D eigenvalue weighted by Crippen LogP contribution is 2.26. The third kappa shape index (κ3) is 20.9. The zero-order chi connectivity index (χ0) is 19.3. The van der Waals surface area contributed by atoms with Crippen molar-refractivity contribution >= 4 is 0 Å². The average Bonchev–Trinajstić information content (AvgIpc) is 3.02. The van der Waals surface area contributed by atoms with Gasteiger partial charge in [0.15, 0.2) is 0 Å². The van der Waals surface area contributed by atoms with Gasteiger partial charge >= 0.3 is 0 Å². The van der Waals surface area contributed by atoms with Crippen LogP contribution in [0.2, 0.25) is 0 Å². The van der Waals surface area contributed by atoms with Gasteiger partial charge in [0.2, 0.25) is 0 Å². The van der Waals surface area contributed by atoms with Gasteiger partial charge in [0, 0.05) is 6.42 Å². The molecule has 2 nitrogen and oxygen atoms in total. The lowest BCUT2D eigenvalue weighted by Gasteiger charge is -2.01. The summed E-state index contributed by atoms with van der Waals surface area (Å²) in [5, 5.41) is 18.0. The Morgan fingerprint density at radius 1 is 1.04 bits per heavy atom. The molecule has 0 spiro atoms. The highest BCUT2D eigenvalue weighted by molar-refractivity contribution is 4.93. The molecule has 0 heterocycles. The van der Waals surface area contributed by atoms with E-state index in [0.717, 1.165) is 32.1 Å². The van der Waals surface area contributed by atoms with Crippen molar-refractivity contribution in [2.45, 2.75) is 104 Å². The smallest absolute Gasteiger partial charge is 0.0851 e. The molecule has 2 unspecified atom stereocenters. The van der Waals surface area contributed by atoms with E-state index in [0.29, 0.717) is 11.7 Å². The van der Waals surface area contributed by atoms with Crippen LogP contribution in [-0.4, -0.2) is 16.3 Å². The molecule has 2 heteroatoms. The molecule has 0 aromatic carbocycles. The Labute approximate surface area is 157 Å². The first-order valence-corrected chi connectivity index (χ1v) is 10.4. The normalized spacial score (nSPS) is 19.4. The standard InChI is InChI=1S/C13H24O.C8H14O.C2H6/c1-2-3-4-5-6-7-8-12-9-10-13(14)11-12;1-3-4-5-6-7-8(2)9;1-2/h7-8,12-14H,2-6,9-11H2,1H3;3-4,9H,2,5-7H2,1H3;1-2H3/b8-7+;4-3-;. The molecular formula is C23H44O2. The van der Waals surface area contributed by atoms with Crippen molar-refractivity contribution in [3.05, 3.63) is 36.6 Å². The zero-order valence-electron chi connectivity index (χ0n) is 17.3. The van der Waals surface area contributed by atoms with Gasteiger partial charge in [-0.1, -0.05) is 70.9 Å². The summed E-state index contributed by atoms with van der Waals surface area (Å²) in [5.74, 6) is 0.954. The van der Waals surface area contributed by atoms with Gasteiger partial charge < -0.3 is 10.2 Å². The lowest BCUT2D eigenvalue weighted by Crippen LogP contribution is -1.98. The SMILES string of the molecule is C=C(O)CCC/C=C\C.CC.CCCCCC/C=C/C1CCC(O)C1. The summed E-state index contributed by atoms with van der Waals surface area (Å²) in [4.78, 5) is 0. The number of hydrogen-bond donors (Lipinski definition) is 2. The Morgan fingerprint density at radius 2 is 1.72 bits per heavy atom. The number of allylic oxidation sites excluding steroid dienone is 5. The number of hydrogen-bond acceptors (Lipinski definition) is 2. The Balaban J connectivity index is 0. The molecule has 0 amide bonds. The largest absolute Gasteiger partial charge is 0.513 e. The van der Waals surface area contributed by atoms with Crippen LogP contribution >= 0.6 is 0 Å². The van der Waals surface area contributed by atoms with Gasteiger partial charge in [-0.05, 0) is 57.8 Å². The molecular weight excluding hydrogens is 308 g/mol. The van der Waals surface area contributed by atoms with E-state index in [9.17, 15) is 5.11 Å². The topological polar surface area (TPSA) is 40.5 Å². The first kappa shape index (κ1) is 26.2. The van der Waals surface area contributed by atoms with E-state index in [1.54, 1.807) is 0 Å². The second kappa shape index (κ2) is 21.0. The summed E-state index contributed by atoms with van der Waals surface area (Å²) in [6.07, 6.45) is 21.3. The lowest BCUT2D eigenvalue weighted by molar-refractivity contribution is 0.180. The van der Waals surface area contributed by atoms with E-state index in [2.05, 4.69) is 31.7 Å². The molecule has 148 valence electrons. The maximum absolute atomic E-state index is 9.34. The van der Waals surface area contributed by atoms with Crippen molar-refractivity contribution in [3.8, 4) is 0 Å². The average molecular weight is 353 g/mol. The molecule has 0 saturated heterocycles. The van der Waals surface area contributed by atoms with Crippen molar-refractivity contribution in [1.82, 2.24) is 0 Å². The van der Waals surface area contributed by atoms with Gasteiger partial charge in [-0.2, -0.15) is 0 Å². The van der Waals surface area contributed by atoms with E-state index in [-0.39, 0.29) is 6.10 Å². The number of aliphatic hydroxyl groups excluding tert-OH is 2. The summed E-state index contributed by atoms with van der Waals surface area (Å²) < 4.78 is 0. The summed E-state index contributed by atoms with van der Waals surface area (Å²) in [6.45, 7) is 11.6. The van der Waals surface area contributed by atoms with Crippen molar-refractivity contribution in [2.24, 2.45) is 5.92 Å². The van der Waals surface area contributed by atoms with Gasteiger partial charge in [0.25, 0.3) is 0 Å². The molecule has 0 radical (unpaired) electrons. The molecule has 2 atom stereocenters. The molecule has 0 aliphatic heterocycles. The Kier molecular flexibility index (Phi) is 22.0. The quantitative estimate of drug-likeness (QED) is 0.243. The van der Waals surface area contributed by atoms with Crippen LogP contribution in [0.5, 0.6) is 0 Å². The fourth-order valence-corrected chi connectivity index (χ4v) is 2.73. The minimum Gasteiger partial charge on any atom is -0.513 e. The van der Waals surface area contributed by atoms with Gasteiger partial charge in [0.05, 0.1) is 11.9 Å². The highest BCUT2D eigenvalue weighted by atomic mass is 16.3. The lowest BCUT2D eigenvalue weighted by atomic mass is 10.1. The van der Waals surface area contributed by atoms with Crippen molar-refractivity contribution in [1.29, 1.82) is 0 Å². The maximum Gasteiger partial charge on any atom is 0.0851 e. The van der Waals surface area contributed by atoms with Gasteiger partial charge in [-0.15, -0.1) is 0 Å². The third-order valence-corrected chi connectivity index (χ3v) is 4.15. The van der Waals surface area contributed by atoms with Crippen LogP contribution in [0.4, 0.5) is 0 Å². The minimum absolute atomic E-state index is 0.0234. The van der Waals surface area contributed by atoms with Crippen LogP contribution < -0.4 is 0 Å². The van der Waals surface area contributed by atoms with Gasteiger partial charge in [-0.25, -0.2) is 0 Å². The van der Waals surface area contributed by atoms with Crippen LogP contribution in [0, 0.1) is 5.92 Å². The van der Waals surface area contributed by atoms with Crippen molar-refractivity contribution in [2.75, 3.05) is 0 Å². The van der Waals surface area contributed by atoms with Crippen LogP contribution in [0.25, 0.3) is 0 Å². The predicted molar refractivity (Wildman–Crippen MR) is 113 cm³/mol. The minimum atomic E-state index is -0.0234. The van der Waals surface area contributed by atoms with E-state index < -0.39 is 0 Å². The van der Waals surface area contributed by atoms with Crippen molar-refractivity contribution < 1.29 is 10.2 Å². The molecule has 1 aliphatic carbocycles. The highest BCUT2D eigenvalue weighted by Gasteiger charge is 2.19. The molecule has 2 N–H and O–H groups in total. The summed E-state index contributed by atoms with van der Waals surface area (Å²) in [5.41, 5.74) is 0. The van der Waals surface area contributed by atoms with Crippen LogP contribution in [0.1, 0.15) is 98.3 Å². The molecule has 0 aromatic heterocycles. The zero-order valence-corrected chi connectivity index (χ0v) is 17.3. The van der Waals surface area contributed by atoms with Crippen molar-refractivity contribution in [3.63, 3.8) is 0 Å². The maximum atomic E-state index is 9.34. The Bertz CT molecular complexity index is 331. The molecule has 1 saturated carbocycles. The molecule has 1 rings (SSSR count).